The number of aliphatic hydroxyl groups is 3. The van der Waals surface area contributed by atoms with Crippen LogP contribution < -0.4 is 4.74 Å². The lowest BCUT2D eigenvalue weighted by Crippen LogP contribution is -2.58. The number of phenols is 2. The molecule has 5 atom stereocenters. The normalized spacial score (nSPS) is 25.5. The van der Waals surface area contributed by atoms with E-state index in [0.717, 1.165) is 11.1 Å². The molecule has 0 radical (unpaired) electrons. The minimum absolute atomic E-state index is 0.0531. The van der Waals surface area contributed by atoms with E-state index in [0.29, 0.717) is 26.2 Å². The van der Waals surface area contributed by atoms with Crippen LogP contribution in [0.4, 0.5) is 8.78 Å². The molecule has 11 nitrogen and oxygen atoms in total. The number of aromatic hydroxyl groups is 2. The van der Waals surface area contributed by atoms with Crippen molar-refractivity contribution in [2.75, 3.05) is 39.9 Å². The largest absolute Gasteiger partial charge is 0.504 e. The van der Waals surface area contributed by atoms with Crippen molar-refractivity contribution in [1.82, 2.24) is 9.80 Å². The Balaban J connectivity index is 1.29. The number of nitrogens with zero attached hydrogens (tertiary/aromatic N) is 2. The Hall–Kier alpha value is -3.85. The highest BCUT2D eigenvalue weighted by molar-refractivity contribution is 5.97. The van der Waals surface area contributed by atoms with Crippen molar-refractivity contribution in [2.24, 2.45) is 0 Å². The first-order valence-corrected chi connectivity index (χ1v) is 14.6. The molecule has 240 valence electrons. The fraction of sp³-hybridized carbons (Fsp3) is 0.406. The van der Waals surface area contributed by atoms with Crippen LogP contribution in [-0.2, 0) is 16.0 Å². The van der Waals surface area contributed by atoms with Gasteiger partial charge in [0.1, 0.15) is 36.1 Å². The fourth-order valence-electron chi connectivity index (χ4n) is 6.57. The predicted molar refractivity (Wildman–Crippen MR) is 154 cm³/mol. The van der Waals surface area contributed by atoms with Crippen LogP contribution in [0.3, 0.4) is 0 Å². The van der Waals surface area contributed by atoms with Crippen molar-refractivity contribution < 1.29 is 53.3 Å². The van der Waals surface area contributed by atoms with Crippen LogP contribution in [0.25, 0.3) is 0 Å². The monoisotopic (exact) mass is 628 g/mol. The molecule has 0 saturated carbocycles. The first-order valence-electron chi connectivity index (χ1n) is 14.6. The van der Waals surface area contributed by atoms with Crippen molar-refractivity contribution in [1.29, 1.82) is 0 Å². The standard InChI is InChI=1S/C32H34F2N2O9/c1-43-30-25(38)20(22-23(27(30)40)29-31(45-32(22)42)28(41)26(39)21(15-37)44-29)14-35-10-12-36(13-11-35)24(16-2-6-18(33)7-3-16)17-4-8-19(34)9-5-17/h2-9,21,24,26,28-29,31,37-41H,10-15H2,1H3/t21-,26-,28+,29?,31?/m0/s1. The first kappa shape index (κ1) is 31.1. The van der Waals surface area contributed by atoms with E-state index < -0.39 is 54.6 Å². The van der Waals surface area contributed by atoms with E-state index in [-0.39, 0.29) is 46.7 Å². The third-order valence-corrected chi connectivity index (χ3v) is 8.87. The molecule has 3 heterocycles. The number of esters is 1. The van der Waals surface area contributed by atoms with Crippen LogP contribution in [0.1, 0.15) is 44.8 Å². The molecule has 2 saturated heterocycles. The Kier molecular flexibility index (Phi) is 8.66. The summed E-state index contributed by atoms with van der Waals surface area (Å²) >= 11 is 0. The Morgan fingerprint density at radius 2 is 1.49 bits per heavy atom. The van der Waals surface area contributed by atoms with Crippen molar-refractivity contribution in [3.63, 3.8) is 0 Å². The summed E-state index contributed by atoms with van der Waals surface area (Å²) in [5.41, 5.74) is 1.58. The van der Waals surface area contributed by atoms with Crippen molar-refractivity contribution >= 4 is 5.97 Å². The van der Waals surface area contributed by atoms with Crippen molar-refractivity contribution in [3.8, 4) is 17.2 Å². The molecule has 45 heavy (non-hydrogen) atoms. The molecule has 3 aromatic rings. The summed E-state index contributed by atoms with van der Waals surface area (Å²) in [4.78, 5) is 17.5. The predicted octanol–water partition coefficient (Wildman–Crippen LogP) is 1.98. The third-order valence-electron chi connectivity index (χ3n) is 8.87. The molecular formula is C32H34F2N2O9. The summed E-state index contributed by atoms with van der Waals surface area (Å²) in [5.74, 6) is -3.00. The smallest absolute Gasteiger partial charge is 0.339 e. The van der Waals surface area contributed by atoms with Gasteiger partial charge in [0, 0.05) is 43.9 Å². The van der Waals surface area contributed by atoms with Gasteiger partial charge in [0.15, 0.2) is 17.6 Å². The Bertz CT molecular complexity index is 1500. The minimum Gasteiger partial charge on any atom is -0.504 e. The molecule has 2 unspecified atom stereocenters. The number of carbonyl (C=O) groups excluding carboxylic acids is 1. The first-order chi connectivity index (χ1) is 21.6. The van der Waals surface area contributed by atoms with Gasteiger partial charge in [-0.2, -0.15) is 0 Å². The molecule has 3 aliphatic heterocycles. The van der Waals surface area contributed by atoms with Crippen LogP contribution in [0.2, 0.25) is 0 Å². The highest BCUT2D eigenvalue weighted by Crippen LogP contribution is 2.52. The number of halogens is 2. The van der Waals surface area contributed by atoms with E-state index >= 15 is 0 Å². The van der Waals surface area contributed by atoms with Gasteiger partial charge in [-0.05, 0) is 35.4 Å². The zero-order valence-electron chi connectivity index (χ0n) is 24.3. The summed E-state index contributed by atoms with van der Waals surface area (Å²) in [6.07, 6.45) is -7.02. The summed E-state index contributed by atoms with van der Waals surface area (Å²) < 4.78 is 44.1. The lowest BCUT2D eigenvalue weighted by Gasteiger charge is -2.45. The molecule has 3 aliphatic rings. The van der Waals surface area contributed by atoms with Gasteiger partial charge in [-0.3, -0.25) is 9.80 Å². The average Bonchev–Trinajstić information content (AvgIpc) is 3.04. The fourth-order valence-corrected chi connectivity index (χ4v) is 6.57. The highest BCUT2D eigenvalue weighted by Gasteiger charge is 2.53. The van der Waals surface area contributed by atoms with Crippen LogP contribution >= 0.6 is 0 Å². The molecule has 13 heteroatoms. The summed E-state index contributed by atoms with van der Waals surface area (Å²) in [6.45, 7) is 1.42. The number of ether oxygens (including phenoxy) is 3. The van der Waals surface area contributed by atoms with Crippen molar-refractivity contribution in [3.05, 3.63) is 88.0 Å². The van der Waals surface area contributed by atoms with Gasteiger partial charge in [0.05, 0.1) is 25.3 Å². The molecule has 2 fully saturated rings. The maximum atomic E-state index is 13.7. The molecule has 0 amide bonds. The number of hydrogen-bond donors (Lipinski definition) is 5. The Morgan fingerprint density at radius 3 is 2.02 bits per heavy atom. The van der Waals surface area contributed by atoms with Crippen LogP contribution in [0.5, 0.6) is 17.2 Å². The second-order valence-electron chi connectivity index (χ2n) is 11.4. The van der Waals surface area contributed by atoms with Crippen LogP contribution in [-0.4, -0.2) is 106 Å². The lowest BCUT2D eigenvalue weighted by molar-refractivity contribution is -0.235. The van der Waals surface area contributed by atoms with E-state index in [1.807, 2.05) is 4.90 Å². The maximum Gasteiger partial charge on any atom is 0.339 e. The Labute approximate surface area is 257 Å². The molecule has 6 rings (SSSR count). The van der Waals surface area contributed by atoms with E-state index in [1.54, 1.807) is 24.3 Å². The number of piperazine rings is 1. The number of benzene rings is 3. The molecule has 5 N–H and O–H groups in total. The molecule has 0 aromatic heterocycles. The Morgan fingerprint density at radius 1 is 0.911 bits per heavy atom. The van der Waals surface area contributed by atoms with Gasteiger partial charge >= 0.3 is 5.97 Å². The number of phenolic OH excluding ortho intramolecular Hbond substituents is 2. The van der Waals surface area contributed by atoms with E-state index in [1.165, 1.54) is 31.4 Å². The molecule has 0 bridgehead atoms. The van der Waals surface area contributed by atoms with Crippen molar-refractivity contribution in [2.45, 2.75) is 43.1 Å². The van der Waals surface area contributed by atoms with Gasteiger partial charge in [0.25, 0.3) is 0 Å². The average molecular weight is 629 g/mol. The second kappa shape index (κ2) is 12.5. The van der Waals surface area contributed by atoms with Gasteiger partial charge < -0.3 is 39.7 Å². The summed E-state index contributed by atoms with van der Waals surface area (Å²) in [7, 11) is 1.24. The third kappa shape index (κ3) is 5.60. The van der Waals surface area contributed by atoms with Crippen LogP contribution in [0, 0.1) is 11.6 Å². The number of fused-ring (bicyclic) bond motifs is 3. The van der Waals surface area contributed by atoms with Gasteiger partial charge in [-0.25, -0.2) is 13.6 Å². The van der Waals surface area contributed by atoms with Gasteiger partial charge in [-0.15, -0.1) is 0 Å². The van der Waals surface area contributed by atoms with E-state index in [9.17, 15) is 39.1 Å². The molecular weight excluding hydrogens is 594 g/mol. The second-order valence-corrected chi connectivity index (χ2v) is 11.4. The molecule has 0 aliphatic carbocycles. The van der Waals surface area contributed by atoms with E-state index in [2.05, 4.69) is 4.90 Å². The summed E-state index contributed by atoms with van der Waals surface area (Å²) in [6, 6.07) is 12.1. The number of rotatable bonds is 7. The topological polar surface area (TPSA) is 152 Å². The minimum atomic E-state index is -1.61. The van der Waals surface area contributed by atoms with Gasteiger partial charge in [-0.1, -0.05) is 24.3 Å². The molecule has 3 aromatic carbocycles. The number of hydrogen-bond acceptors (Lipinski definition) is 11. The number of methoxy groups -OCH3 is 1. The highest BCUT2D eigenvalue weighted by atomic mass is 19.1. The molecule has 0 spiro atoms. The quantitative estimate of drug-likeness (QED) is 0.244. The van der Waals surface area contributed by atoms with Crippen LogP contribution in [0.15, 0.2) is 48.5 Å². The lowest BCUT2D eigenvalue weighted by atomic mass is 9.84. The maximum absolute atomic E-state index is 13.7. The number of carbonyl (C=O) groups is 1. The SMILES string of the molecule is COc1c(O)c(CN2CCN(C(c3ccc(F)cc3)c3ccc(F)cc3)CC2)c2c(c1O)C1O[C@@H](CO)[C@H](O)[C@@H](O)C1OC2=O. The van der Waals surface area contributed by atoms with Gasteiger partial charge in [0.2, 0.25) is 5.75 Å². The van der Waals surface area contributed by atoms with E-state index in [4.69, 9.17) is 14.2 Å². The summed E-state index contributed by atoms with van der Waals surface area (Å²) in [5, 5.41) is 53.0. The number of aliphatic hydroxyl groups excluding tert-OH is 3. The zero-order valence-corrected chi connectivity index (χ0v) is 24.3. The zero-order chi connectivity index (χ0) is 32.0.